The number of oxazole rings is 1. The molecule has 8 nitrogen and oxygen atoms in total. The lowest BCUT2D eigenvalue weighted by atomic mass is 10.1. The highest BCUT2D eigenvalue weighted by Gasteiger charge is 2.32. The number of carbonyl (C=O) groups is 1. The third-order valence-electron chi connectivity index (χ3n) is 4.73. The first-order valence-corrected chi connectivity index (χ1v) is 10.4. The van der Waals surface area contributed by atoms with Gasteiger partial charge in [-0.05, 0) is 12.1 Å². The fourth-order valence-electron chi connectivity index (χ4n) is 3.15. The van der Waals surface area contributed by atoms with Crippen LogP contribution in [0.1, 0.15) is 24.2 Å². The molecule has 0 aliphatic carbocycles. The molecule has 146 valence electrons. The second kappa shape index (κ2) is 8.20. The van der Waals surface area contributed by atoms with Gasteiger partial charge in [-0.15, -0.1) is 0 Å². The lowest BCUT2D eigenvalue weighted by molar-refractivity contribution is 0.0694. The lowest BCUT2D eigenvalue weighted by Gasteiger charge is -2.36. The zero-order valence-electron chi connectivity index (χ0n) is 15.5. The van der Waals surface area contributed by atoms with Gasteiger partial charge in [0.15, 0.2) is 12.2 Å². The molecule has 0 radical (unpaired) electrons. The van der Waals surface area contributed by atoms with Gasteiger partial charge in [0.25, 0.3) is 16.1 Å². The van der Waals surface area contributed by atoms with Gasteiger partial charge in [0.1, 0.15) is 0 Å². The van der Waals surface area contributed by atoms with Crippen LogP contribution in [0.2, 0.25) is 0 Å². The number of hydrogen-bond acceptors (Lipinski definition) is 5. The van der Waals surface area contributed by atoms with Gasteiger partial charge in [-0.3, -0.25) is 4.79 Å². The quantitative estimate of drug-likeness (QED) is 0.747. The first-order chi connectivity index (χ1) is 13.0. The van der Waals surface area contributed by atoms with Crippen LogP contribution in [0.3, 0.4) is 0 Å². The molecule has 1 saturated heterocycles. The Morgan fingerprint density at radius 3 is 2.26 bits per heavy atom. The molecule has 27 heavy (non-hydrogen) atoms. The third-order valence-corrected chi connectivity index (χ3v) is 6.92. The van der Waals surface area contributed by atoms with Crippen LogP contribution >= 0.6 is 0 Å². The minimum Gasteiger partial charge on any atom is -0.444 e. The SMILES string of the molecule is CCN(CC)S(=O)(=O)N1CCN(C(=O)c2ccc(-c3cnco3)cc2)CC1. The highest BCUT2D eigenvalue weighted by atomic mass is 32.2. The molecule has 0 saturated carbocycles. The van der Waals surface area contributed by atoms with E-state index in [1.807, 2.05) is 26.0 Å². The summed E-state index contributed by atoms with van der Waals surface area (Å²) in [7, 11) is -3.46. The largest absolute Gasteiger partial charge is 0.444 e. The number of piperazine rings is 1. The molecule has 0 bridgehead atoms. The molecule has 9 heteroatoms. The minimum absolute atomic E-state index is 0.0981. The van der Waals surface area contributed by atoms with E-state index in [0.717, 1.165) is 5.56 Å². The number of nitrogens with zero attached hydrogens (tertiary/aromatic N) is 4. The predicted molar refractivity (Wildman–Crippen MR) is 101 cm³/mol. The van der Waals surface area contributed by atoms with Gasteiger partial charge in [0.05, 0.1) is 6.20 Å². The van der Waals surface area contributed by atoms with Crippen LogP contribution in [0.5, 0.6) is 0 Å². The van der Waals surface area contributed by atoms with Gasteiger partial charge in [0.2, 0.25) is 0 Å². The maximum absolute atomic E-state index is 12.7. The molecular formula is C18H24N4O4S. The number of carbonyl (C=O) groups excluding carboxylic acids is 1. The maximum Gasteiger partial charge on any atom is 0.282 e. The predicted octanol–water partition coefficient (Wildman–Crippen LogP) is 1.69. The van der Waals surface area contributed by atoms with E-state index in [0.29, 0.717) is 50.6 Å². The Hall–Kier alpha value is -2.23. The summed E-state index contributed by atoms with van der Waals surface area (Å²) in [6, 6.07) is 7.13. The van der Waals surface area contributed by atoms with Crippen LogP contribution in [0, 0.1) is 0 Å². The summed E-state index contributed by atoms with van der Waals surface area (Å²) in [5, 5.41) is 0. The van der Waals surface area contributed by atoms with Crippen molar-refractivity contribution in [3.63, 3.8) is 0 Å². The molecule has 0 N–H and O–H groups in total. The summed E-state index contributed by atoms with van der Waals surface area (Å²) in [5.41, 5.74) is 1.41. The number of hydrogen-bond donors (Lipinski definition) is 0. The number of benzene rings is 1. The van der Waals surface area contributed by atoms with E-state index in [4.69, 9.17) is 4.42 Å². The highest BCUT2D eigenvalue weighted by molar-refractivity contribution is 7.86. The van der Waals surface area contributed by atoms with E-state index in [1.165, 1.54) is 15.0 Å². The van der Waals surface area contributed by atoms with E-state index in [2.05, 4.69) is 4.98 Å². The van der Waals surface area contributed by atoms with Gasteiger partial charge >= 0.3 is 0 Å². The maximum atomic E-state index is 12.7. The second-order valence-corrected chi connectivity index (χ2v) is 8.15. The average molecular weight is 392 g/mol. The zero-order chi connectivity index (χ0) is 19.4. The first-order valence-electron chi connectivity index (χ1n) is 9.00. The van der Waals surface area contributed by atoms with Crippen LogP contribution in [-0.4, -0.2) is 72.1 Å². The topological polar surface area (TPSA) is 87.0 Å². The zero-order valence-corrected chi connectivity index (χ0v) is 16.4. The van der Waals surface area contributed by atoms with E-state index in [9.17, 15) is 13.2 Å². The van der Waals surface area contributed by atoms with Gasteiger partial charge < -0.3 is 9.32 Å². The molecule has 0 unspecified atom stereocenters. The summed E-state index contributed by atoms with van der Waals surface area (Å²) >= 11 is 0. The second-order valence-electron chi connectivity index (χ2n) is 6.23. The first kappa shape index (κ1) is 19.5. The van der Waals surface area contributed by atoms with E-state index < -0.39 is 10.2 Å². The number of aromatic nitrogens is 1. The summed E-state index contributed by atoms with van der Waals surface area (Å²) in [5.74, 6) is 0.545. The van der Waals surface area contributed by atoms with Gasteiger partial charge in [0, 0.05) is 50.4 Å². The standard InChI is InChI=1S/C18H24N4O4S/c1-3-21(4-2)27(24,25)22-11-9-20(10-12-22)18(23)16-7-5-15(6-8-16)17-13-19-14-26-17/h5-8,13-14H,3-4,9-12H2,1-2H3. The Morgan fingerprint density at radius 2 is 1.74 bits per heavy atom. The molecule has 1 amide bonds. The Bertz CT molecular complexity index is 853. The lowest BCUT2D eigenvalue weighted by Crippen LogP contribution is -2.54. The van der Waals surface area contributed by atoms with Crippen LogP contribution in [0.4, 0.5) is 0 Å². The molecule has 1 aliphatic heterocycles. The van der Waals surface area contributed by atoms with Crippen LogP contribution in [0.25, 0.3) is 11.3 Å². The number of amides is 1. The van der Waals surface area contributed by atoms with Crippen molar-refractivity contribution in [3.05, 3.63) is 42.4 Å². The van der Waals surface area contributed by atoms with E-state index in [1.54, 1.807) is 23.2 Å². The molecule has 0 spiro atoms. The fraction of sp³-hybridized carbons (Fsp3) is 0.444. The van der Waals surface area contributed by atoms with Crippen LogP contribution < -0.4 is 0 Å². The molecule has 1 aromatic heterocycles. The van der Waals surface area contributed by atoms with Crippen molar-refractivity contribution in [1.82, 2.24) is 18.5 Å². The number of rotatable bonds is 6. The van der Waals surface area contributed by atoms with Gasteiger partial charge in [-0.25, -0.2) is 4.98 Å². The van der Waals surface area contributed by atoms with Crippen molar-refractivity contribution in [2.75, 3.05) is 39.3 Å². The summed E-state index contributed by atoms with van der Waals surface area (Å²) in [6.45, 7) is 5.89. The van der Waals surface area contributed by atoms with Crippen molar-refractivity contribution in [1.29, 1.82) is 0 Å². The molecule has 2 aromatic rings. The summed E-state index contributed by atoms with van der Waals surface area (Å²) < 4.78 is 33.3. The minimum atomic E-state index is -3.46. The smallest absolute Gasteiger partial charge is 0.282 e. The van der Waals surface area contributed by atoms with Crippen molar-refractivity contribution in [2.24, 2.45) is 0 Å². The molecule has 1 aliphatic rings. The Balaban J connectivity index is 1.63. The molecule has 1 fully saturated rings. The Labute approximate surface area is 159 Å². The molecular weight excluding hydrogens is 368 g/mol. The normalized spacial score (nSPS) is 16.0. The van der Waals surface area contributed by atoms with E-state index >= 15 is 0 Å². The third kappa shape index (κ3) is 4.05. The van der Waals surface area contributed by atoms with Crippen molar-refractivity contribution in [3.8, 4) is 11.3 Å². The molecule has 2 heterocycles. The van der Waals surface area contributed by atoms with Crippen LogP contribution in [0.15, 0.2) is 41.3 Å². The highest BCUT2D eigenvalue weighted by Crippen LogP contribution is 2.20. The molecule has 1 aromatic carbocycles. The van der Waals surface area contributed by atoms with Crippen molar-refractivity contribution >= 4 is 16.1 Å². The molecule has 3 rings (SSSR count). The summed E-state index contributed by atoms with van der Waals surface area (Å²) in [6.07, 6.45) is 2.98. The van der Waals surface area contributed by atoms with E-state index in [-0.39, 0.29) is 5.91 Å². The Morgan fingerprint density at radius 1 is 1.11 bits per heavy atom. The van der Waals surface area contributed by atoms with Crippen LogP contribution in [-0.2, 0) is 10.2 Å². The van der Waals surface area contributed by atoms with Crippen molar-refractivity contribution < 1.29 is 17.6 Å². The average Bonchev–Trinajstić information content (AvgIpc) is 3.23. The van der Waals surface area contributed by atoms with Gasteiger partial charge in [-0.1, -0.05) is 26.0 Å². The molecule has 0 atom stereocenters. The van der Waals surface area contributed by atoms with Crippen molar-refractivity contribution in [2.45, 2.75) is 13.8 Å². The Kier molecular flexibility index (Phi) is 5.93. The fourth-order valence-corrected chi connectivity index (χ4v) is 4.76. The monoisotopic (exact) mass is 392 g/mol. The summed E-state index contributed by atoms with van der Waals surface area (Å²) in [4.78, 5) is 18.3. The van der Waals surface area contributed by atoms with Gasteiger partial charge in [-0.2, -0.15) is 17.0 Å².